The highest BCUT2D eigenvalue weighted by atomic mass is 16.6. The summed E-state index contributed by atoms with van der Waals surface area (Å²) >= 11 is 0. The molecule has 1 amide bonds. The number of nitro groups is 1. The number of phenolic OH excluding ortho intramolecular Hbond substituents is 1. The maximum atomic E-state index is 12.2. The minimum atomic E-state index is -0.604. The Kier molecular flexibility index (Phi) is 3.53. The summed E-state index contributed by atoms with van der Waals surface area (Å²) in [5, 5.41) is 23.2. The molecular formula is C15H18N2O4. The number of nitrogens with zero attached hydrogens (tertiary/aromatic N) is 1. The molecule has 1 aromatic rings. The first-order valence-corrected chi connectivity index (χ1v) is 7.32. The minimum absolute atomic E-state index is 0.0784. The minimum Gasteiger partial charge on any atom is -0.508 e. The molecule has 112 valence electrons. The smallest absolute Gasteiger partial charge is 0.282 e. The van der Waals surface area contributed by atoms with Gasteiger partial charge in [-0.05, 0) is 55.6 Å². The van der Waals surface area contributed by atoms with Gasteiger partial charge in [-0.3, -0.25) is 14.9 Å². The number of rotatable bonds is 6. The van der Waals surface area contributed by atoms with Gasteiger partial charge in [0.2, 0.25) is 0 Å². The van der Waals surface area contributed by atoms with Crippen molar-refractivity contribution < 1.29 is 14.8 Å². The summed E-state index contributed by atoms with van der Waals surface area (Å²) in [5.74, 6) is 1.29. The van der Waals surface area contributed by atoms with Gasteiger partial charge in [0.05, 0.1) is 4.92 Å². The van der Waals surface area contributed by atoms with Crippen molar-refractivity contribution in [3.05, 3.63) is 33.9 Å². The van der Waals surface area contributed by atoms with Crippen LogP contribution in [0.5, 0.6) is 5.75 Å². The number of carbonyl (C=O) groups excluding carboxylic acids is 1. The number of hydrogen-bond acceptors (Lipinski definition) is 4. The van der Waals surface area contributed by atoms with Crippen LogP contribution in [0.1, 0.15) is 36.0 Å². The fourth-order valence-corrected chi connectivity index (χ4v) is 2.94. The molecule has 0 atom stereocenters. The zero-order chi connectivity index (χ0) is 15.0. The molecule has 1 aromatic carbocycles. The van der Waals surface area contributed by atoms with E-state index in [1.54, 1.807) is 0 Å². The normalized spacial score (nSPS) is 17.8. The van der Waals surface area contributed by atoms with E-state index in [0.717, 1.165) is 12.1 Å². The van der Waals surface area contributed by atoms with Gasteiger partial charge in [0.25, 0.3) is 11.6 Å². The Hall–Kier alpha value is -2.11. The zero-order valence-corrected chi connectivity index (χ0v) is 11.6. The van der Waals surface area contributed by atoms with Gasteiger partial charge in [0, 0.05) is 12.6 Å². The molecule has 0 bridgehead atoms. The SMILES string of the molecule is O=C(NCC(C1CC1)C1CC1)c1cc(O)ccc1[N+](=O)[O-]. The summed E-state index contributed by atoms with van der Waals surface area (Å²) < 4.78 is 0. The van der Waals surface area contributed by atoms with Crippen molar-refractivity contribution in [2.24, 2.45) is 17.8 Å². The summed E-state index contributed by atoms with van der Waals surface area (Å²) in [6, 6.07) is 3.52. The third-order valence-corrected chi connectivity index (χ3v) is 4.37. The fourth-order valence-electron chi connectivity index (χ4n) is 2.94. The van der Waals surface area contributed by atoms with Crippen molar-refractivity contribution >= 4 is 11.6 Å². The van der Waals surface area contributed by atoms with Gasteiger partial charge in [0.15, 0.2) is 0 Å². The average molecular weight is 290 g/mol. The lowest BCUT2D eigenvalue weighted by molar-refractivity contribution is -0.385. The van der Waals surface area contributed by atoms with Crippen LogP contribution in [0.3, 0.4) is 0 Å². The molecule has 2 N–H and O–H groups in total. The van der Waals surface area contributed by atoms with E-state index in [4.69, 9.17) is 0 Å². The van der Waals surface area contributed by atoms with Crippen LogP contribution in [0, 0.1) is 27.9 Å². The molecule has 3 rings (SSSR count). The van der Waals surface area contributed by atoms with Crippen LogP contribution in [-0.4, -0.2) is 22.5 Å². The second kappa shape index (κ2) is 5.35. The van der Waals surface area contributed by atoms with Crippen LogP contribution in [0.4, 0.5) is 5.69 Å². The molecule has 2 saturated carbocycles. The van der Waals surface area contributed by atoms with Crippen LogP contribution >= 0.6 is 0 Å². The topological polar surface area (TPSA) is 92.5 Å². The number of nitrogens with one attached hydrogen (secondary N) is 1. The van der Waals surface area contributed by atoms with Gasteiger partial charge in [-0.2, -0.15) is 0 Å². The van der Waals surface area contributed by atoms with Gasteiger partial charge in [0.1, 0.15) is 11.3 Å². The van der Waals surface area contributed by atoms with Crippen molar-refractivity contribution in [2.75, 3.05) is 6.54 Å². The largest absolute Gasteiger partial charge is 0.508 e. The number of aromatic hydroxyl groups is 1. The Morgan fingerprint density at radius 1 is 1.33 bits per heavy atom. The second-order valence-corrected chi connectivity index (χ2v) is 6.01. The molecule has 0 spiro atoms. The Balaban J connectivity index is 1.69. The van der Waals surface area contributed by atoms with Crippen LogP contribution in [0.2, 0.25) is 0 Å². The van der Waals surface area contributed by atoms with Crippen molar-refractivity contribution in [3.8, 4) is 5.75 Å². The molecule has 6 heteroatoms. The predicted octanol–water partition coefficient (Wildman–Crippen LogP) is 2.47. The Morgan fingerprint density at radius 2 is 1.95 bits per heavy atom. The standard InChI is InChI=1S/C15H18N2O4/c18-11-5-6-14(17(20)21)12(7-11)15(19)16-8-13(9-1-2-9)10-3-4-10/h5-7,9-10,13,18H,1-4,8H2,(H,16,19). The maximum Gasteiger partial charge on any atom is 0.282 e. The van der Waals surface area contributed by atoms with Crippen molar-refractivity contribution in [3.63, 3.8) is 0 Å². The number of benzene rings is 1. The Bertz CT molecular complexity index is 567. The van der Waals surface area contributed by atoms with E-state index < -0.39 is 10.8 Å². The van der Waals surface area contributed by atoms with Crippen LogP contribution in [0.25, 0.3) is 0 Å². The Labute approximate surface area is 122 Å². The molecule has 0 saturated heterocycles. The molecule has 0 aromatic heterocycles. The van der Waals surface area contributed by atoms with Gasteiger partial charge in [-0.15, -0.1) is 0 Å². The first-order valence-electron chi connectivity index (χ1n) is 7.32. The third kappa shape index (κ3) is 3.15. The van der Waals surface area contributed by atoms with Crippen LogP contribution < -0.4 is 5.32 Å². The number of carbonyl (C=O) groups is 1. The van der Waals surface area contributed by atoms with E-state index in [9.17, 15) is 20.0 Å². The number of phenols is 1. The van der Waals surface area contributed by atoms with Crippen molar-refractivity contribution in [1.29, 1.82) is 0 Å². The molecule has 2 aliphatic rings. The van der Waals surface area contributed by atoms with E-state index in [1.165, 1.54) is 31.7 Å². The quantitative estimate of drug-likeness (QED) is 0.621. The molecule has 0 unspecified atom stereocenters. The number of hydrogen-bond donors (Lipinski definition) is 2. The van der Waals surface area contributed by atoms with Gasteiger partial charge in [-0.25, -0.2) is 0 Å². The molecule has 21 heavy (non-hydrogen) atoms. The Morgan fingerprint density at radius 3 is 2.48 bits per heavy atom. The molecule has 2 aliphatic carbocycles. The number of amides is 1. The maximum absolute atomic E-state index is 12.2. The summed E-state index contributed by atoms with van der Waals surface area (Å²) in [6.07, 6.45) is 4.90. The summed E-state index contributed by atoms with van der Waals surface area (Å²) in [4.78, 5) is 22.5. The summed E-state index contributed by atoms with van der Waals surface area (Å²) in [7, 11) is 0. The molecule has 0 radical (unpaired) electrons. The molecule has 0 aliphatic heterocycles. The highest BCUT2D eigenvalue weighted by Gasteiger charge is 2.41. The lowest BCUT2D eigenvalue weighted by Gasteiger charge is -2.16. The molecular weight excluding hydrogens is 272 g/mol. The van der Waals surface area contributed by atoms with Gasteiger partial charge in [-0.1, -0.05) is 0 Å². The van der Waals surface area contributed by atoms with Crippen molar-refractivity contribution in [1.82, 2.24) is 5.32 Å². The fraction of sp³-hybridized carbons (Fsp3) is 0.533. The predicted molar refractivity (Wildman–Crippen MR) is 76.0 cm³/mol. The summed E-state index contributed by atoms with van der Waals surface area (Å²) in [6.45, 7) is 0.570. The third-order valence-electron chi connectivity index (χ3n) is 4.37. The van der Waals surface area contributed by atoms with E-state index in [1.807, 2.05) is 0 Å². The zero-order valence-electron chi connectivity index (χ0n) is 11.6. The average Bonchev–Trinajstić information content (AvgIpc) is 3.32. The molecule has 6 nitrogen and oxygen atoms in total. The van der Waals surface area contributed by atoms with E-state index in [2.05, 4.69) is 5.32 Å². The lowest BCUT2D eigenvalue weighted by atomic mass is 9.98. The lowest BCUT2D eigenvalue weighted by Crippen LogP contribution is -2.31. The monoisotopic (exact) mass is 290 g/mol. The van der Waals surface area contributed by atoms with Crippen LogP contribution in [-0.2, 0) is 0 Å². The highest BCUT2D eigenvalue weighted by molar-refractivity contribution is 5.98. The van der Waals surface area contributed by atoms with Crippen molar-refractivity contribution in [2.45, 2.75) is 25.7 Å². The van der Waals surface area contributed by atoms with Crippen LogP contribution in [0.15, 0.2) is 18.2 Å². The van der Waals surface area contributed by atoms with Gasteiger partial charge >= 0.3 is 0 Å². The first kappa shape index (κ1) is 13.9. The molecule has 2 fully saturated rings. The first-order chi connectivity index (χ1) is 10.1. The van der Waals surface area contributed by atoms with E-state index in [0.29, 0.717) is 24.3 Å². The highest BCUT2D eigenvalue weighted by Crippen LogP contribution is 2.48. The second-order valence-electron chi connectivity index (χ2n) is 6.01. The van der Waals surface area contributed by atoms with E-state index >= 15 is 0 Å². The van der Waals surface area contributed by atoms with Gasteiger partial charge < -0.3 is 10.4 Å². The van der Waals surface area contributed by atoms with E-state index in [-0.39, 0.29) is 17.0 Å². The molecule has 0 heterocycles. The number of nitro benzene ring substituents is 1. The summed E-state index contributed by atoms with van der Waals surface area (Å²) in [5.41, 5.74) is -0.356.